The summed E-state index contributed by atoms with van der Waals surface area (Å²) in [6.45, 7) is 0.959. The smallest absolute Gasteiger partial charge is 0.341 e. The maximum absolute atomic E-state index is 11.9. The molecule has 7 nitrogen and oxygen atoms in total. The van der Waals surface area contributed by atoms with Gasteiger partial charge in [0, 0.05) is 26.3 Å². The summed E-state index contributed by atoms with van der Waals surface area (Å²) in [5.41, 5.74) is 2.17. The van der Waals surface area contributed by atoms with Crippen LogP contribution >= 0.6 is 47.2 Å². The van der Waals surface area contributed by atoms with Crippen LogP contribution in [0.25, 0.3) is 0 Å². The highest BCUT2D eigenvalue weighted by atomic mass is 127. The van der Waals surface area contributed by atoms with E-state index in [2.05, 4.69) is 15.6 Å². The molecule has 0 spiro atoms. The topological polar surface area (TPSA) is 76.9 Å². The number of rotatable bonds is 6. The van der Waals surface area contributed by atoms with Gasteiger partial charge in [0.25, 0.3) is 0 Å². The van der Waals surface area contributed by atoms with E-state index in [-0.39, 0.29) is 24.0 Å². The number of methoxy groups -OCH3 is 2. The third-order valence-electron chi connectivity index (χ3n) is 4.01. The second-order valence-corrected chi connectivity index (χ2v) is 6.40. The standard InChI is InChI=1S/C18H22Cl2N4O3.HI/c1-21-18(23-10-12-8-14(19)16(20)24(12)2)22-9-11-5-6-15(26-3)13(7-11)17(25)27-4;/h5-8H,9-10H2,1-4H3,(H2,21,22,23);1H. The van der Waals surface area contributed by atoms with Crippen molar-refractivity contribution in [3.05, 3.63) is 51.3 Å². The molecule has 0 aliphatic rings. The molecule has 2 rings (SSSR count). The lowest BCUT2D eigenvalue weighted by Gasteiger charge is -2.14. The van der Waals surface area contributed by atoms with Gasteiger partial charge in [0.15, 0.2) is 5.96 Å². The highest BCUT2D eigenvalue weighted by molar-refractivity contribution is 14.0. The Hall–Kier alpha value is -1.65. The number of nitrogens with zero attached hydrogens (tertiary/aromatic N) is 2. The zero-order chi connectivity index (χ0) is 20.0. The first-order chi connectivity index (χ1) is 12.9. The lowest BCUT2D eigenvalue weighted by molar-refractivity contribution is 0.0597. The van der Waals surface area contributed by atoms with E-state index in [0.29, 0.717) is 40.5 Å². The quantitative estimate of drug-likeness (QED) is 0.253. The van der Waals surface area contributed by atoms with Crippen LogP contribution in [0.1, 0.15) is 21.6 Å². The average molecular weight is 541 g/mol. The van der Waals surface area contributed by atoms with Crippen LogP contribution in [-0.2, 0) is 24.9 Å². The largest absolute Gasteiger partial charge is 0.496 e. The summed E-state index contributed by atoms with van der Waals surface area (Å²) in [6, 6.07) is 7.12. The number of hydrogen-bond donors (Lipinski definition) is 2. The summed E-state index contributed by atoms with van der Waals surface area (Å²) in [6.07, 6.45) is 0. The second kappa shape index (κ2) is 11.4. The fourth-order valence-electron chi connectivity index (χ4n) is 2.47. The summed E-state index contributed by atoms with van der Waals surface area (Å²) in [5, 5.41) is 7.38. The first kappa shape index (κ1) is 24.4. The van der Waals surface area contributed by atoms with Gasteiger partial charge in [-0.05, 0) is 23.8 Å². The first-order valence-electron chi connectivity index (χ1n) is 8.10. The maximum Gasteiger partial charge on any atom is 0.341 e. The molecule has 1 aromatic heterocycles. The summed E-state index contributed by atoms with van der Waals surface area (Å²) in [5.74, 6) is 0.609. The molecule has 2 N–H and O–H groups in total. The molecule has 0 aliphatic carbocycles. The molecule has 0 aliphatic heterocycles. The monoisotopic (exact) mass is 540 g/mol. The summed E-state index contributed by atoms with van der Waals surface area (Å²) < 4.78 is 11.8. The number of carbonyl (C=O) groups excluding carboxylic acids is 1. The Morgan fingerprint density at radius 1 is 1.18 bits per heavy atom. The normalized spacial score (nSPS) is 10.9. The number of carbonyl (C=O) groups is 1. The van der Waals surface area contributed by atoms with Gasteiger partial charge in [0.2, 0.25) is 0 Å². The minimum atomic E-state index is -0.450. The van der Waals surface area contributed by atoms with Crippen LogP contribution in [0.15, 0.2) is 29.3 Å². The highest BCUT2D eigenvalue weighted by Crippen LogP contribution is 2.25. The molecule has 1 aromatic carbocycles. The van der Waals surface area contributed by atoms with Gasteiger partial charge < -0.3 is 24.7 Å². The van der Waals surface area contributed by atoms with Gasteiger partial charge in [-0.2, -0.15) is 0 Å². The third kappa shape index (κ3) is 5.92. The van der Waals surface area contributed by atoms with E-state index in [1.54, 1.807) is 29.8 Å². The van der Waals surface area contributed by atoms with Crippen LogP contribution in [0.3, 0.4) is 0 Å². The summed E-state index contributed by atoms with van der Waals surface area (Å²) in [4.78, 5) is 16.1. The van der Waals surface area contributed by atoms with Crippen molar-refractivity contribution in [2.75, 3.05) is 21.3 Å². The van der Waals surface area contributed by atoms with Gasteiger partial charge in [-0.1, -0.05) is 29.3 Å². The Morgan fingerprint density at radius 3 is 2.39 bits per heavy atom. The summed E-state index contributed by atoms with van der Waals surface area (Å²) >= 11 is 12.1. The van der Waals surface area contributed by atoms with Crippen molar-refractivity contribution < 1.29 is 14.3 Å². The SMILES string of the molecule is CN=C(NCc1ccc(OC)c(C(=O)OC)c1)NCc1cc(Cl)c(Cl)n1C.I. The molecule has 0 fully saturated rings. The van der Waals surface area contributed by atoms with Crippen LogP contribution in [0, 0.1) is 0 Å². The van der Waals surface area contributed by atoms with Crippen LogP contribution in [0.5, 0.6) is 5.75 Å². The van der Waals surface area contributed by atoms with Crippen LogP contribution < -0.4 is 15.4 Å². The molecule has 0 amide bonds. The van der Waals surface area contributed by atoms with Crippen molar-refractivity contribution in [1.29, 1.82) is 0 Å². The van der Waals surface area contributed by atoms with Gasteiger partial charge in [0.05, 0.1) is 25.8 Å². The Bertz CT molecular complexity index is 856. The third-order valence-corrected chi connectivity index (χ3v) is 4.85. The molecular weight excluding hydrogens is 518 g/mol. The van der Waals surface area contributed by atoms with E-state index in [4.69, 9.17) is 32.7 Å². The van der Waals surface area contributed by atoms with Crippen LogP contribution in [0.2, 0.25) is 10.2 Å². The van der Waals surface area contributed by atoms with Gasteiger partial charge >= 0.3 is 5.97 Å². The molecule has 0 saturated carbocycles. The van der Waals surface area contributed by atoms with E-state index in [0.717, 1.165) is 11.3 Å². The van der Waals surface area contributed by atoms with Gasteiger partial charge in [-0.3, -0.25) is 4.99 Å². The van der Waals surface area contributed by atoms with Gasteiger partial charge in [-0.15, -0.1) is 24.0 Å². The fourth-order valence-corrected chi connectivity index (χ4v) is 2.89. The average Bonchev–Trinajstić information content (AvgIpc) is 2.94. The molecule has 0 radical (unpaired) electrons. The Balaban J connectivity index is 0.00000392. The molecular formula is C18H23Cl2IN4O3. The molecule has 2 aromatic rings. The van der Waals surface area contributed by atoms with Crippen molar-refractivity contribution in [2.45, 2.75) is 13.1 Å². The number of halogens is 3. The Kier molecular flexibility index (Phi) is 9.91. The van der Waals surface area contributed by atoms with Crippen molar-refractivity contribution in [3.63, 3.8) is 0 Å². The second-order valence-electron chi connectivity index (χ2n) is 5.64. The number of benzene rings is 1. The summed E-state index contributed by atoms with van der Waals surface area (Å²) in [7, 11) is 6.36. The first-order valence-corrected chi connectivity index (χ1v) is 8.86. The Labute approximate surface area is 191 Å². The van der Waals surface area contributed by atoms with E-state index in [1.165, 1.54) is 14.2 Å². The molecule has 28 heavy (non-hydrogen) atoms. The minimum Gasteiger partial charge on any atom is -0.496 e. The maximum atomic E-state index is 11.9. The van der Waals surface area contributed by atoms with E-state index < -0.39 is 5.97 Å². The Morgan fingerprint density at radius 2 is 1.86 bits per heavy atom. The molecule has 0 saturated heterocycles. The highest BCUT2D eigenvalue weighted by Gasteiger charge is 2.14. The van der Waals surface area contributed by atoms with E-state index >= 15 is 0 Å². The number of esters is 1. The van der Waals surface area contributed by atoms with Crippen LogP contribution in [0.4, 0.5) is 0 Å². The van der Waals surface area contributed by atoms with Crippen molar-refractivity contribution in [1.82, 2.24) is 15.2 Å². The number of hydrogen-bond acceptors (Lipinski definition) is 4. The lowest BCUT2D eigenvalue weighted by Crippen LogP contribution is -2.36. The molecule has 1 heterocycles. The van der Waals surface area contributed by atoms with Crippen molar-refractivity contribution >= 4 is 59.1 Å². The predicted octanol–water partition coefficient (Wildman–Crippen LogP) is 3.61. The zero-order valence-electron chi connectivity index (χ0n) is 16.0. The lowest BCUT2D eigenvalue weighted by atomic mass is 10.1. The minimum absolute atomic E-state index is 0. The zero-order valence-corrected chi connectivity index (χ0v) is 19.8. The number of aromatic nitrogens is 1. The van der Waals surface area contributed by atoms with Gasteiger partial charge in [-0.25, -0.2) is 4.79 Å². The van der Waals surface area contributed by atoms with Gasteiger partial charge in [0.1, 0.15) is 16.5 Å². The number of ether oxygens (including phenoxy) is 2. The van der Waals surface area contributed by atoms with E-state index in [9.17, 15) is 4.79 Å². The number of guanidine groups is 1. The fraction of sp³-hybridized carbons (Fsp3) is 0.333. The van der Waals surface area contributed by atoms with Crippen molar-refractivity contribution in [2.24, 2.45) is 12.0 Å². The predicted molar refractivity (Wildman–Crippen MR) is 122 cm³/mol. The molecule has 0 atom stereocenters. The van der Waals surface area contributed by atoms with Crippen molar-refractivity contribution in [3.8, 4) is 5.75 Å². The van der Waals surface area contributed by atoms with E-state index in [1.807, 2.05) is 13.1 Å². The molecule has 154 valence electrons. The number of aliphatic imine (C=N–C) groups is 1. The number of nitrogens with one attached hydrogen (secondary N) is 2. The van der Waals surface area contributed by atoms with Crippen LogP contribution in [-0.4, -0.2) is 37.8 Å². The molecule has 0 unspecified atom stereocenters. The molecule has 10 heteroatoms. The molecule has 0 bridgehead atoms.